The van der Waals surface area contributed by atoms with Crippen LogP contribution < -0.4 is 5.73 Å². The molecule has 0 saturated heterocycles. The Hall–Kier alpha value is 0.150. The van der Waals surface area contributed by atoms with E-state index in [9.17, 15) is 0 Å². The smallest absolute Gasteiger partial charge is 0.0542 e. The van der Waals surface area contributed by atoms with Gasteiger partial charge in [0.2, 0.25) is 0 Å². The number of benzene rings is 2. The van der Waals surface area contributed by atoms with E-state index in [2.05, 4.69) is 69.4 Å². The van der Waals surface area contributed by atoms with E-state index >= 15 is 0 Å². The highest BCUT2D eigenvalue weighted by Crippen LogP contribution is 2.24. The van der Waals surface area contributed by atoms with Crippen LogP contribution in [0, 0.1) is 7.14 Å². The fourth-order valence-corrected chi connectivity index (χ4v) is 2.62. The zero-order chi connectivity index (χ0) is 13.1. The fraction of sp³-hybridized carbons (Fsp3) is 0.143. The van der Waals surface area contributed by atoms with E-state index in [-0.39, 0.29) is 6.04 Å². The first-order valence-corrected chi connectivity index (χ1v) is 8.05. The second-order valence-corrected chi connectivity index (χ2v) is 6.93. The molecule has 2 N–H and O–H groups in total. The van der Waals surface area contributed by atoms with Crippen LogP contribution in [0.3, 0.4) is 0 Å². The SMILES string of the molecule is NC(Cc1ccc(I)cc1)c1ccc(I)c(Cl)c1. The lowest BCUT2D eigenvalue weighted by molar-refractivity contribution is 0.722. The normalized spacial score (nSPS) is 12.4. The average molecular weight is 484 g/mol. The number of halogens is 3. The maximum absolute atomic E-state index is 6.22. The van der Waals surface area contributed by atoms with Crippen molar-refractivity contribution in [3.8, 4) is 0 Å². The van der Waals surface area contributed by atoms with Gasteiger partial charge in [0.25, 0.3) is 0 Å². The highest BCUT2D eigenvalue weighted by Gasteiger charge is 2.09. The lowest BCUT2D eigenvalue weighted by atomic mass is 10.00. The highest BCUT2D eigenvalue weighted by atomic mass is 127. The van der Waals surface area contributed by atoms with Gasteiger partial charge in [-0.15, -0.1) is 0 Å². The molecule has 0 saturated carbocycles. The summed E-state index contributed by atoms with van der Waals surface area (Å²) in [7, 11) is 0. The van der Waals surface area contributed by atoms with E-state index < -0.39 is 0 Å². The summed E-state index contributed by atoms with van der Waals surface area (Å²) in [6.07, 6.45) is 0.827. The molecule has 2 aromatic carbocycles. The lowest BCUT2D eigenvalue weighted by Crippen LogP contribution is -2.13. The minimum atomic E-state index is -0.0143. The maximum Gasteiger partial charge on any atom is 0.0542 e. The number of rotatable bonds is 3. The Labute approximate surface area is 139 Å². The van der Waals surface area contributed by atoms with E-state index in [1.807, 2.05) is 18.2 Å². The molecule has 0 amide bonds. The summed E-state index contributed by atoms with van der Waals surface area (Å²) in [5.74, 6) is 0. The molecule has 2 rings (SSSR count). The van der Waals surface area contributed by atoms with E-state index in [0.29, 0.717) is 0 Å². The van der Waals surface area contributed by atoms with Gasteiger partial charge in [0.1, 0.15) is 0 Å². The first kappa shape index (κ1) is 14.6. The van der Waals surface area contributed by atoms with Crippen LogP contribution in [0.2, 0.25) is 5.02 Å². The lowest BCUT2D eigenvalue weighted by Gasteiger charge is -2.13. The van der Waals surface area contributed by atoms with Crippen LogP contribution in [0.25, 0.3) is 0 Å². The highest BCUT2D eigenvalue weighted by molar-refractivity contribution is 14.1. The molecule has 0 radical (unpaired) electrons. The van der Waals surface area contributed by atoms with Gasteiger partial charge in [-0.25, -0.2) is 0 Å². The monoisotopic (exact) mass is 483 g/mol. The van der Waals surface area contributed by atoms with Crippen LogP contribution in [0.1, 0.15) is 17.2 Å². The van der Waals surface area contributed by atoms with Gasteiger partial charge in [-0.05, 0) is 87.0 Å². The van der Waals surface area contributed by atoms with E-state index in [1.54, 1.807) is 0 Å². The van der Waals surface area contributed by atoms with Gasteiger partial charge >= 0.3 is 0 Å². The fourth-order valence-electron chi connectivity index (χ4n) is 1.74. The summed E-state index contributed by atoms with van der Waals surface area (Å²) < 4.78 is 2.29. The maximum atomic E-state index is 6.22. The standard InChI is InChI=1S/C14H12ClI2N/c15-12-8-10(3-6-13(12)17)14(18)7-9-1-4-11(16)5-2-9/h1-6,8,14H,7,18H2. The van der Waals surface area contributed by atoms with Gasteiger partial charge < -0.3 is 5.73 Å². The van der Waals surface area contributed by atoms with Crippen LogP contribution in [0.5, 0.6) is 0 Å². The van der Waals surface area contributed by atoms with Crippen LogP contribution >= 0.6 is 56.8 Å². The Balaban J connectivity index is 2.13. The zero-order valence-electron chi connectivity index (χ0n) is 9.54. The molecule has 2 aromatic rings. The Morgan fingerprint density at radius 1 is 1.06 bits per heavy atom. The third-order valence-corrected chi connectivity index (χ3v) is 5.03. The first-order chi connectivity index (χ1) is 8.56. The van der Waals surface area contributed by atoms with Crippen molar-refractivity contribution in [2.24, 2.45) is 5.73 Å². The molecule has 1 atom stereocenters. The topological polar surface area (TPSA) is 26.0 Å². The molecule has 1 nitrogen and oxygen atoms in total. The van der Waals surface area contributed by atoms with Crippen molar-refractivity contribution in [3.63, 3.8) is 0 Å². The molecule has 0 aliphatic rings. The van der Waals surface area contributed by atoms with Gasteiger partial charge in [-0.2, -0.15) is 0 Å². The minimum absolute atomic E-state index is 0.0143. The summed E-state index contributed by atoms with van der Waals surface area (Å²) >= 11 is 10.6. The Kier molecular flexibility index (Phi) is 5.29. The van der Waals surface area contributed by atoms with Crippen molar-refractivity contribution in [2.45, 2.75) is 12.5 Å². The summed E-state index contributed by atoms with van der Waals surface area (Å²) in [6.45, 7) is 0. The molecule has 94 valence electrons. The van der Waals surface area contributed by atoms with Crippen molar-refractivity contribution in [3.05, 3.63) is 65.8 Å². The molecule has 4 heteroatoms. The molecule has 0 aliphatic heterocycles. The summed E-state index contributed by atoms with van der Waals surface area (Å²) in [5, 5.41) is 0.770. The minimum Gasteiger partial charge on any atom is -0.324 e. The van der Waals surface area contributed by atoms with Crippen LogP contribution in [0.15, 0.2) is 42.5 Å². The predicted molar refractivity (Wildman–Crippen MR) is 94.0 cm³/mol. The van der Waals surface area contributed by atoms with Crippen molar-refractivity contribution in [2.75, 3.05) is 0 Å². The molecular weight excluding hydrogens is 471 g/mol. The summed E-state index contributed by atoms with van der Waals surface area (Å²) in [5.41, 5.74) is 8.55. The van der Waals surface area contributed by atoms with Crippen molar-refractivity contribution < 1.29 is 0 Å². The van der Waals surface area contributed by atoms with Crippen LogP contribution in [-0.4, -0.2) is 0 Å². The van der Waals surface area contributed by atoms with Crippen LogP contribution in [0.4, 0.5) is 0 Å². The van der Waals surface area contributed by atoms with Crippen molar-refractivity contribution in [1.82, 2.24) is 0 Å². The van der Waals surface area contributed by atoms with E-state index in [1.165, 1.54) is 9.13 Å². The number of nitrogens with two attached hydrogens (primary N) is 1. The van der Waals surface area contributed by atoms with Gasteiger partial charge in [-0.3, -0.25) is 0 Å². The molecule has 0 bridgehead atoms. The second-order valence-electron chi connectivity index (χ2n) is 4.11. The number of hydrogen-bond donors (Lipinski definition) is 1. The first-order valence-electron chi connectivity index (χ1n) is 5.51. The molecule has 0 fully saturated rings. The molecule has 18 heavy (non-hydrogen) atoms. The third kappa shape index (κ3) is 3.82. The van der Waals surface area contributed by atoms with Gasteiger partial charge in [0.05, 0.1) is 5.02 Å². The van der Waals surface area contributed by atoms with Gasteiger partial charge in [0.15, 0.2) is 0 Å². The second kappa shape index (κ2) is 6.54. The molecule has 1 unspecified atom stereocenters. The van der Waals surface area contributed by atoms with Crippen LogP contribution in [-0.2, 0) is 6.42 Å². The van der Waals surface area contributed by atoms with Gasteiger partial charge in [-0.1, -0.05) is 29.8 Å². The zero-order valence-corrected chi connectivity index (χ0v) is 14.6. The molecular formula is C14H12ClI2N. The van der Waals surface area contributed by atoms with Gasteiger partial charge in [0, 0.05) is 13.2 Å². The van der Waals surface area contributed by atoms with E-state index in [4.69, 9.17) is 17.3 Å². The Bertz CT molecular complexity index is 540. The van der Waals surface area contributed by atoms with Crippen molar-refractivity contribution >= 4 is 56.8 Å². The predicted octanol–water partition coefficient (Wildman–Crippen LogP) is 4.79. The molecule has 0 aliphatic carbocycles. The summed E-state index contributed by atoms with van der Waals surface area (Å²) in [4.78, 5) is 0. The third-order valence-electron chi connectivity index (χ3n) is 2.74. The Morgan fingerprint density at radius 3 is 2.33 bits per heavy atom. The summed E-state index contributed by atoms with van der Waals surface area (Å²) in [6, 6.07) is 14.4. The van der Waals surface area contributed by atoms with Crippen molar-refractivity contribution in [1.29, 1.82) is 0 Å². The molecule has 0 heterocycles. The number of hydrogen-bond acceptors (Lipinski definition) is 1. The Morgan fingerprint density at radius 2 is 1.72 bits per heavy atom. The van der Waals surface area contributed by atoms with E-state index in [0.717, 1.165) is 20.6 Å². The largest absolute Gasteiger partial charge is 0.324 e. The molecule has 0 spiro atoms. The average Bonchev–Trinajstić information content (AvgIpc) is 2.35. The molecule has 0 aromatic heterocycles. The quantitative estimate of drug-likeness (QED) is 0.625.